The number of carbonyl (C=O) groups excluding carboxylic acids is 1. The van der Waals surface area contributed by atoms with E-state index in [4.69, 9.17) is 16.3 Å². The number of hydrogen-bond donors (Lipinski definition) is 1. The van der Waals surface area contributed by atoms with Crippen molar-refractivity contribution in [3.63, 3.8) is 0 Å². The third-order valence-corrected chi connectivity index (χ3v) is 5.74. The van der Waals surface area contributed by atoms with Crippen LogP contribution < -0.4 is 10.1 Å². The zero-order valence-corrected chi connectivity index (χ0v) is 17.0. The summed E-state index contributed by atoms with van der Waals surface area (Å²) >= 11 is 6.13. The maximum Gasteiger partial charge on any atom is 0.345 e. The maximum absolute atomic E-state index is 12.7. The van der Waals surface area contributed by atoms with E-state index < -0.39 is 16.1 Å². The van der Waals surface area contributed by atoms with Gasteiger partial charge in [-0.15, -0.1) is 4.40 Å². The number of nitrogens with zero attached hydrogens (tertiary/aromatic N) is 2. The van der Waals surface area contributed by atoms with Gasteiger partial charge in [0.15, 0.2) is 0 Å². The van der Waals surface area contributed by atoms with Crippen LogP contribution in [0.2, 0.25) is 5.02 Å². The molecule has 1 N–H and O–H groups in total. The molecule has 2 aromatic carbocycles. The molecule has 28 heavy (non-hydrogen) atoms. The Balaban J connectivity index is 1.99. The maximum atomic E-state index is 12.7. The number of carbonyl (C=O) groups is 1. The SMILES string of the molecule is COc1ccc(C2=NS(=O)(=O)N(C)C(C(=O)Nc3cccc(C)c3)=C2)cc1Cl. The molecule has 0 saturated carbocycles. The topological polar surface area (TPSA) is 88.1 Å². The molecule has 0 saturated heterocycles. The second-order valence-corrected chi connectivity index (χ2v) is 8.16. The minimum absolute atomic E-state index is 0.0570. The first-order chi connectivity index (χ1) is 13.2. The molecule has 1 heterocycles. The fourth-order valence-corrected chi connectivity index (χ4v) is 3.82. The third-order valence-electron chi connectivity index (χ3n) is 4.13. The van der Waals surface area contributed by atoms with Gasteiger partial charge in [-0.1, -0.05) is 23.7 Å². The predicted molar refractivity (Wildman–Crippen MR) is 109 cm³/mol. The number of amides is 1. The Morgan fingerprint density at radius 2 is 1.96 bits per heavy atom. The number of aryl methyl sites for hydroxylation is 1. The van der Waals surface area contributed by atoms with E-state index in [1.807, 2.05) is 13.0 Å². The van der Waals surface area contributed by atoms with Crippen LogP contribution in [0.25, 0.3) is 0 Å². The normalized spacial score (nSPS) is 15.5. The van der Waals surface area contributed by atoms with Crippen LogP contribution in [0.4, 0.5) is 5.69 Å². The quantitative estimate of drug-likeness (QED) is 0.824. The highest BCUT2D eigenvalue weighted by Crippen LogP contribution is 2.27. The largest absolute Gasteiger partial charge is 0.495 e. The fourth-order valence-electron chi connectivity index (χ4n) is 2.64. The Kier molecular flexibility index (Phi) is 5.44. The molecular formula is C19H18ClN3O4S. The summed E-state index contributed by atoms with van der Waals surface area (Å²) in [5.74, 6) is -0.119. The Bertz CT molecular complexity index is 1110. The lowest BCUT2D eigenvalue weighted by molar-refractivity contribution is -0.113. The van der Waals surface area contributed by atoms with Gasteiger partial charge < -0.3 is 10.1 Å². The van der Waals surface area contributed by atoms with E-state index >= 15 is 0 Å². The molecule has 1 aliphatic rings. The molecule has 0 atom stereocenters. The number of allylic oxidation sites excluding steroid dienone is 1. The van der Waals surface area contributed by atoms with E-state index in [0.29, 0.717) is 22.0 Å². The van der Waals surface area contributed by atoms with Crippen molar-refractivity contribution in [1.82, 2.24) is 4.31 Å². The van der Waals surface area contributed by atoms with Crippen molar-refractivity contribution in [3.05, 3.63) is 70.4 Å². The van der Waals surface area contributed by atoms with Gasteiger partial charge >= 0.3 is 10.2 Å². The Labute approximate surface area is 168 Å². The van der Waals surface area contributed by atoms with Gasteiger partial charge in [0.05, 0.1) is 17.8 Å². The molecular weight excluding hydrogens is 402 g/mol. The van der Waals surface area contributed by atoms with Crippen LogP contribution in [-0.4, -0.2) is 38.5 Å². The van der Waals surface area contributed by atoms with Crippen molar-refractivity contribution in [3.8, 4) is 5.75 Å². The molecule has 0 spiro atoms. The summed E-state index contributed by atoms with van der Waals surface area (Å²) in [6.07, 6.45) is 1.41. The molecule has 0 aliphatic carbocycles. The van der Waals surface area contributed by atoms with Crippen LogP contribution >= 0.6 is 11.6 Å². The molecule has 0 aromatic heterocycles. The highest BCUT2D eigenvalue weighted by molar-refractivity contribution is 7.88. The Hall–Kier alpha value is -2.84. The van der Waals surface area contributed by atoms with E-state index in [1.54, 1.807) is 30.3 Å². The van der Waals surface area contributed by atoms with Crippen LogP contribution in [0.1, 0.15) is 11.1 Å². The number of benzene rings is 2. The molecule has 7 nitrogen and oxygen atoms in total. The fraction of sp³-hybridized carbons (Fsp3) is 0.158. The van der Waals surface area contributed by atoms with Gasteiger partial charge in [0, 0.05) is 18.3 Å². The van der Waals surface area contributed by atoms with Crippen molar-refractivity contribution >= 4 is 39.1 Å². The lowest BCUT2D eigenvalue weighted by Crippen LogP contribution is -2.35. The smallest absolute Gasteiger partial charge is 0.345 e. The van der Waals surface area contributed by atoms with Gasteiger partial charge in [-0.05, 0) is 48.9 Å². The van der Waals surface area contributed by atoms with Gasteiger partial charge in [-0.2, -0.15) is 8.42 Å². The highest BCUT2D eigenvalue weighted by atomic mass is 35.5. The molecule has 0 fully saturated rings. The first-order valence-electron chi connectivity index (χ1n) is 8.24. The first kappa shape index (κ1) is 19.9. The average molecular weight is 420 g/mol. The van der Waals surface area contributed by atoms with E-state index in [9.17, 15) is 13.2 Å². The average Bonchev–Trinajstić information content (AvgIpc) is 2.63. The summed E-state index contributed by atoms with van der Waals surface area (Å²) in [5.41, 5.74) is 2.03. The number of anilines is 1. The number of methoxy groups -OCH3 is 1. The molecule has 9 heteroatoms. The summed E-state index contributed by atoms with van der Waals surface area (Å²) in [5, 5.41) is 3.01. The minimum Gasteiger partial charge on any atom is -0.495 e. The summed E-state index contributed by atoms with van der Waals surface area (Å²) < 4.78 is 34.6. The monoisotopic (exact) mass is 419 g/mol. The van der Waals surface area contributed by atoms with Crippen molar-refractivity contribution in [1.29, 1.82) is 0 Å². The van der Waals surface area contributed by atoms with Gasteiger partial charge in [-0.25, -0.2) is 4.31 Å². The molecule has 146 valence electrons. The van der Waals surface area contributed by atoms with Crippen LogP contribution in [0.3, 0.4) is 0 Å². The lowest BCUT2D eigenvalue weighted by Gasteiger charge is -2.23. The Morgan fingerprint density at radius 1 is 1.21 bits per heavy atom. The second kappa shape index (κ2) is 7.65. The molecule has 0 radical (unpaired) electrons. The first-order valence-corrected chi connectivity index (χ1v) is 10.0. The molecule has 1 aliphatic heterocycles. The number of nitrogens with one attached hydrogen (secondary N) is 1. The number of rotatable bonds is 4. The zero-order valence-electron chi connectivity index (χ0n) is 15.4. The van der Waals surface area contributed by atoms with Gasteiger partial charge in [0.2, 0.25) is 0 Å². The lowest BCUT2D eigenvalue weighted by atomic mass is 10.1. The van der Waals surface area contributed by atoms with Crippen molar-refractivity contribution < 1.29 is 17.9 Å². The van der Waals surface area contributed by atoms with Crippen LogP contribution in [0, 0.1) is 6.92 Å². The van der Waals surface area contributed by atoms with E-state index in [0.717, 1.165) is 9.87 Å². The van der Waals surface area contributed by atoms with Crippen molar-refractivity contribution in [2.24, 2.45) is 4.40 Å². The van der Waals surface area contributed by atoms with Crippen molar-refractivity contribution in [2.75, 3.05) is 19.5 Å². The summed E-state index contributed by atoms with van der Waals surface area (Å²) in [6, 6.07) is 12.0. The van der Waals surface area contributed by atoms with Crippen molar-refractivity contribution in [2.45, 2.75) is 6.92 Å². The standard InChI is InChI=1S/C19H18ClN3O4S/c1-12-5-4-6-14(9-12)21-19(24)17-11-16(22-28(25,26)23(17)2)13-7-8-18(27-3)15(20)10-13/h4-11H,1-3H3,(H,21,24). The van der Waals surface area contributed by atoms with Gasteiger partial charge in [0.1, 0.15) is 11.4 Å². The summed E-state index contributed by atoms with van der Waals surface area (Å²) in [6.45, 7) is 1.89. The number of halogens is 1. The molecule has 0 bridgehead atoms. The molecule has 2 aromatic rings. The minimum atomic E-state index is -4.06. The predicted octanol–water partition coefficient (Wildman–Crippen LogP) is 3.16. The van der Waals surface area contributed by atoms with E-state index in [2.05, 4.69) is 9.71 Å². The van der Waals surface area contributed by atoms with E-state index in [1.165, 1.54) is 26.3 Å². The van der Waals surface area contributed by atoms with Gasteiger partial charge in [-0.3, -0.25) is 4.79 Å². The van der Waals surface area contributed by atoms with Gasteiger partial charge in [0.25, 0.3) is 5.91 Å². The van der Waals surface area contributed by atoms with Crippen LogP contribution in [-0.2, 0) is 15.0 Å². The second-order valence-electron chi connectivity index (χ2n) is 6.12. The molecule has 1 amide bonds. The summed E-state index contributed by atoms with van der Waals surface area (Å²) in [7, 11) is -1.31. The molecule has 0 unspecified atom stereocenters. The third kappa shape index (κ3) is 4.02. The van der Waals surface area contributed by atoms with Crippen LogP contribution in [0.15, 0.2) is 58.6 Å². The number of hydrogen-bond acceptors (Lipinski definition) is 4. The zero-order chi connectivity index (χ0) is 20.5. The molecule has 3 rings (SSSR count). The van der Waals surface area contributed by atoms with E-state index in [-0.39, 0.29) is 11.4 Å². The Morgan fingerprint density at radius 3 is 2.61 bits per heavy atom. The highest BCUT2D eigenvalue weighted by Gasteiger charge is 2.30. The number of ether oxygens (including phenoxy) is 1. The summed E-state index contributed by atoms with van der Waals surface area (Å²) in [4.78, 5) is 12.7. The van der Waals surface area contributed by atoms with Crippen LogP contribution in [0.5, 0.6) is 5.75 Å². The number of likely N-dealkylation sites (N-methyl/N-ethyl adjacent to an activating group) is 1.